The fraction of sp³-hybridized carbons (Fsp3) is 0.474. The van der Waals surface area contributed by atoms with Crippen LogP contribution in [-0.2, 0) is 0 Å². The number of hydrogen-bond donors (Lipinski definition) is 1. The largest absolute Gasteiger partial charge is 0.368 e. The summed E-state index contributed by atoms with van der Waals surface area (Å²) >= 11 is 6.08. The van der Waals surface area contributed by atoms with Crippen LogP contribution in [0.25, 0.3) is 0 Å². The van der Waals surface area contributed by atoms with Gasteiger partial charge in [0.25, 0.3) is 5.91 Å². The van der Waals surface area contributed by atoms with E-state index in [1.807, 2.05) is 40.0 Å². The number of carbonyl (C=O) groups excluding carboxylic acids is 1. The maximum absolute atomic E-state index is 12.8. The number of amides is 1. The van der Waals surface area contributed by atoms with Gasteiger partial charge >= 0.3 is 0 Å². The first kappa shape index (κ1) is 17.4. The Balaban J connectivity index is 1.37. The zero-order valence-corrected chi connectivity index (χ0v) is 15.5. The molecule has 0 aliphatic carbocycles. The van der Waals surface area contributed by atoms with E-state index in [1.165, 1.54) is 0 Å². The van der Waals surface area contributed by atoms with Crippen LogP contribution in [0.2, 0.25) is 5.02 Å². The third-order valence-corrected chi connectivity index (χ3v) is 5.45. The second-order valence-corrected chi connectivity index (χ2v) is 7.38. The molecule has 7 heteroatoms. The Hall–Kier alpha value is -2.05. The zero-order valence-electron chi connectivity index (χ0n) is 14.8. The first-order valence-electron chi connectivity index (χ1n) is 9.26. The summed E-state index contributed by atoms with van der Waals surface area (Å²) in [6.45, 7) is 5.00. The molecule has 0 saturated carbocycles. The van der Waals surface area contributed by atoms with Gasteiger partial charge in [0.2, 0.25) is 0 Å². The van der Waals surface area contributed by atoms with Gasteiger partial charge in [0.1, 0.15) is 5.69 Å². The van der Waals surface area contributed by atoms with Crippen molar-refractivity contribution in [1.29, 1.82) is 0 Å². The lowest BCUT2D eigenvalue weighted by molar-refractivity contribution is 0.0739. The fourth-order valence-electron chi connectivity index (χ4n) is 3.72. The molecule has 6 nitrogen and oxygen atoms in total. The molecule has 0 spiro atoms. The smallest absolute Gasteiger partial charge is 0.274 e. The van der Waals surface area contributed by atoms with Gasteiger partial charge in [0.05, 0.1) is 6.04 Å². The second kappa shape index (κ2) is 7.68. The number of nitrogens with one attached hydrogen (secondary N) is 1. The van der Waals surface area contributed by atoms with E-state index < -0.39 is 0 Å². The predicted octanol–water partition coefficient (Wildman–Crippen LogP) is 2.42. The van der Waals surface area contributed by atoms with Gasteiger partial charge in [0.15, 0.2) is 0 Å². The number of carbonyl (C=O) groups is 1. The molecule has 2 aromatic rings. The summed E-state index contributed by atoms with van der Waals surface area (Å²) in [6.07, 6.45) is 4.20. The van der Waals surface area contributed by atoms with Gasteiger partial charge in [0, 0.05) is 49.6 Å². The quantitative estimate of drug-likeness (QED) is 0.897. The van der Waals surface area contributed by atoms with Crippen molar-refractivity contribution >= 4 is 23.2 Å². The van der Waals surface area contributed by atoms with Crippen molar-refractivity contribution in [3.63, 3.8) is 0 Å². The zero-order chi connectivity index (χ0) is 17.9. The molecule has 4 rings (SSSR count). The SMILES string of the molecule is O=C(c1ccn(C2CCCNC2)n1)N1CCN(c2cccc(Cl)c2)CC1. The third-order valence-electron chi connectivity index (χ3n) is 5.21. The Kier molecular flexibility index (Phi) is 5.13. The van der Waals surface area contributed by atoms with Crippen molar-refractivity contribution in [1.82, 2.24) is 20.0 Å². The summed E-state index contributed by atoms with van der Waals surface area (Å²) in [7, 11) is 0. The Labute approximate surface area is 158 Å². The van der Waals surface area contributed by atoms with Gasteiger partial charge in [-0.25, -0.2) is 0 Å². The number of rotatable bonds is 3. The van der Waals surface area contributed by atoms with Crippen LogP contribution < -0.4 is 10.2 Å². The van der Waals surface area contributed by atoms with Crippen LogP contribution in [-0.4, -0.2) is 59.9 Å². The average molecular weight is 374 g/mol. The molecule has 1 amide bonds. The van der Waals surface area contributed by atoms with E-state index in [2.05, 4.69) is 21.4 Å². The second-order valence-electron chi connectivity index (χ2n) is 6.94. The molecule has 3 heterocycles. The monoisotopic (exact) mass is 373 g/mol. The first-order chi connectivity index (χ1) is 12.7. The van der Waals surface area contributed by atoms with Gasteiger partial charge in [-0.3, -0.25) is 9.48 Å². The van der Waals surface area contributed by atoms with Gasteiger partial charge in [-0.15, -0.1) is 0 Å². The van der Waals surface area contributed by atoms with E-state index in [-0.39, 0.29) is 5.91 Å². The van der Waals surface area contributed by atoms with Gasteiger partial charge in [-0.2, -0.15) is 5.10 Å². The molecule has 1 aromatic carbocycles. The van der Waals surface area contributed by atoms with Crippen LogP contribution in [0, 0.1) is 0 Å². The van der Waals surface area contributed by atoms with E-state index in [9.17, 15) is 4.79 Å². The maximum Gasteiger partial charge on any atom is 0.274 e. The molecule has 1 atom stereocenters. The van der Waals surface area contributed by atoms with Gasteiger partial charge in [-0.1, -0.05) is 17.7 Å². The third kappa shape index (κ3) is 3.71. The minimum atomic E-state index is 0.0262. The molecule has 2 fully saturated rings. The lowest BCUT2D eigenvalue weighted by Crippen LogP contribution is -2.49. The Morgan fingerprint density at radius 1 is 1.19 bits per heavy atom. The highest BCUT2D eigenvalue weighted by Crippen LogP contribution is 2.21. The highest BCUT2D eigenvalue weighted by atomic mass is 35.5. The number of halogens is 1. The topological polar surface area (TPSA) is 53.4 Å². The molecule has 138 valence electrons. The van der Waals surface area contributed by atoms with Crippen molar-refractivity contribution in [3.8, 4) is 0 Å². The molecular formula is C19H24ClN5O. The molecule has 1 aromatic heterocycles. The van der Waals surface area contributed by atoms with Crippen LogP contribution in [0.1, 0.15) is 29.4 Å². The molecule has 1 N–H and O–H groups in total. The Bertz CT molecular complexity index is 763. The summed E-state index contributed by atoms with van der Waals surface area (Å²) in [5.74, 6) is 0.0262. The number of piperidine rings is 1. The normalized spacial score (nSPS) is 21.0. The number of anilines is 1. The lowest BCUT2D eigenvalue weighted by atomic mass is 10.1. The Morgan fingerprint density at radius 2 is 2.04 bits per heavy atom. The minimum absolute atomic E-state index is 0.0262. The van der Waals surface area contributed by atoms with E-state index in [4.69, 9.17) is 11.6 Å². The van der Waals surface area contributed by atoms with Gasteiger partial charge < -0.3 is 15.1 Å². The van der Waals surface area contributed by atoms with Crippen molar-refractivity contribution < 1.29 is 4.79 Å². The molecule has 26 heavy (non-hydrogen) atoms. The van der Waals surface area contributed by atoms with E-state index in [1.54, 1.807) is 0 Å². The highest BCUT2D eigenvalue weighted by molar-refractivity contribution is 6.30. The van der Waals surface area contributed by atoms with Gasteiger partial charge in [-0.05, 0) is 43.7 Å². The minimum Gasteiger partial charge on any atom is -0.368 e. The van der Waals surface area contributed by atoms with Crippen molar-refractivity contribution in [2.45, 2.75) is 18.9 Å². The molecule has 0 bridgehead atoms. The molecule has 0 radical (unpaired) electrons. The standard InChI is InChI=1S/C19H24ClN5O/c20-15-3-1-4-16(13-15)23-9-11-24(12-10-23)19(26)18-6-8-25(22-18)17-5-2-7-21-14-17/h1,3-4,6,8,13,17,21H,2,5,7,9-12,14H2. The van der Waals surface area contributed by atoms with E-state index >= 15 is 0 Å². The number of piperazine rings is 1. The lowest BCUT2D eigenvalue weighted by Gasteiger charge is -2.35. The fourth-order valence-corrected chi connectivity index (χ4v) is 3.90. The van der Waals surface area contributed by atoms with Crippen LogP contribution in [0.15, 0.2) is 36.5 Å². The van der Waals surface area contributed by atoms with Crippen LogP contribution >= 0.6 is 11.6 Å². The number of nitrogens with zero attached hydrogens (tertiary/aromatic N) is 4. The highest BCUT2D eigenvalue weighted by Gasteiger charge is 2.25. The summed E-state index contributed by atoms with van der Waals surface area (Å²) < 4.78 is 1.95. The van der Waals surface area contributed by atoms with Crippen LogP contribution in [0.3, 0.4) is 0 Å². The summed E-state index contributed by atoms with van der Waals surface area (Å²) in [5.41, 5.74) is 1.66. The van der Waals surface area contributed by atoms with Crippen LogP contribution in [0.4, 0.5) is 5.69 Å². The first-order valence-corrected chi connectivity index (χ1v) is 9.64. The van der Waals surface area contributed by atoms with E-state index in [0.29, 0.717) is 24.8 Å². The average Bonchev–Trinajstić information content (AvgIpc) is 3.18. The van der Waals surface area contributed by atoms with Crippen molar-refractivity contribution in [2.75, 3.05) is 44.2 Å². The van der Waals surface area contributed by atoms with Crippen molar-refractivity contribution in [3.05, 3.63) is 47.2 Å². The summed E-state index contributed by atoms with van der Waals surface area (Å²) in [4.78, 5) is 16.9. The molecule has 1 unspecified atom stereocenters. The number of aromatic nitrogens is 2. The summed E-state index contributed by atoms with van der Waals surface area (Å²) in [6, 6.07) is 10.1. The molecular weight excluding hydrogens is 350 g/mol. The van der Waals surface area contributed by atoms with Crippen LogP contribution in [0.5, 0.6) is 0 Å². The molecule has 2 aliphatic rings. The Morgan fingerprint density at radius 3 is 2.77 bits per heavy atom. The van der Waals surface area contributed by atoms with E-state index in [0.717, 1.165) is 49.7 Å². The molecule has 2 saturated heterocycles. The molecule has 2 aliphatic heterocycles. The number of hydrogen-bond acceptors (Lipinski definition) is 4. The summed E-state index contributed by atoms with van der Waals surface area (Å²) in [5, 5.41) is 8.68. The predicted molar refractivity (Wildman–Crippen MR) is 103 cm³/mol. The maximum atomic E-state index is 12.8. The van der Waals surface area contributed by atoms with Crippen molar-refractivity contribution in [2.24, 2.45) is 0 Å². The number of benzene rings is 1.